The predicted molar refractivity (Wildman–Crippen MR) is 168 cm³/mol. The van der Waals surface area contributed by atoms with Crippen LogP contribution in [-0.4, -0.2) is 47.6 Å². The molecule has 3 N–H and O–H groups in total. The molecule has 222 valence electrons. The quantitative estimate of drug-likeness (QED) is 0.212. The van der Waals surface area contributed by atoms with Gasteiger partial charge in [0.05, 0.1) is 17.4 Å². The number of nitrogens with one attached hydrogen (secondary N) is 3. The van der Waals surface area contributed by atoms with Gasteiger partial charge in [0.15, 0.2) is 0 Å². The average Bonchev–Trinajstić information content (AvgIpc) is 3.70. The summed E-state index contributed by atoms with van der Waals surface area (Å²) in [6, 6.07) is 13.9. The van der Waals surface area contributed by atoms with Gasteiger partial charge in [0.25, 0.3) is 5.91 Å². The third-order valence-electron chi connectivity index (χ3n) is 7.32. The summed E-state index contributed by atoms with van der Waals surface area (Å²) in [6.45, 7) is 10.2. The molecule has 5 aromatic rings. The number of H-pyrrole nitrogens is 1. The standard InChI is InChI=1S/C32H35ClN8O2/c1-19-29(20(2)39-38-19)21-7-10-25(11-8-21)36-30(42)27(37-31(43)28-13-14-34-40(28)6)16-23-15-22(9-12-26(23)33)24-17-35-41(18-24)32(3,4)5/h7-15,17-18,27H,16H2,1-6H3,(H,36,42)(H,37,43)(H,38,39). The lowest BCUT2D eigenvalue weighted by Crippen LogP contribution is -2.45. The smallest absolute Gasteiger partial charge is 0.270 e. The highest BCUT2D eigenvalue weighted by atomic mass is 35.5. The Labute approximate surface area is 255 Å². The summed E-state index contributed by atoms with van der Waals surface area (Å²) < 4.78 is 3.37. The maximum Gasteiger partial charge on any atom is 0.270 e. The molecule has 0 fully saturated rings. The number of carbonyl (C=O) groups is 2. The first-order chi connectivity index (χ1) is 20.4. The van der Waals surface area contributed by atoms with Crippen LogP contribution in [0.1, 0.15) is 48.2 Å². The van der Waals surface area contributed by atoms with E-state index in [0.717, 1.165) is 39.2 Å². The normalized spacial score (nSPS) is 12.3. The van der Waals surface area contributed by atoms with Crippen LogP contribution in [0.15, 0.2) is 67.1 Å². The predicted octanol–water partition coefficient (Wildman–Crippen LogP) is 5.68. The van der Waals surface area contributed by atoms with Crippen molar-refractivity contribution in [2.75, 3.05) is 5.32 Å². The van der Waals surface area contributed by atoms with Crippen molar-refractivity contribution in [3.63, 3.8) is 0 Å². The molecule has 0 saturated heterocycles. The summed E-state index contributed by atoms with van der Waals surface area (Å²) in [5.41, 5.74) is 7.21. The molecular weight excluding hydrogens is 564 g/mol. The van der Waals surface area contributed by atoms with Gasteiger partial charge in [-0.3, -0.25) is 24.1 Å². The lowest BCUT2D eigenvalue weighted by Gasteiger charge is -2.20. The minimum atomic E-state index is -0.925. The van der Waals surface area contributed by atoms with Crippen molar-refractivity contribution < 1.29 is 9.59 Å². The van der Waals surface area contributed by atoms with E-state index in [2.05, 4.69) is 51.8 Å². The molecule has 3 heterocycles. The number of nitrogens with zero attached hydrogens (tertiary/aromatic N) is 5. The Bertz CT molecular complexity index is 1760. The number of halogens is 1. The number of hydrogen-bond acceptors (Lipinski definition) is 5. The number of carbonyl (C=O) groups excluding carboxylic acids is 2. The molecule has 1 unspecified atom stereocenters. The third kappa shape index (κ3) is 6.54. The number of aromatic amines is 1. The maximum absolute atomic E-state index is 13.7. The molecule has 1 atom stereocenters. The fraction of sp³-hybridized carbons (Fsp3) is 0.281. The number of aromatic nitrogens is 6. The van der Waals surface area contributed by atoms with Crippen molar-refractivity contribution in [3.8, 4) is 22.3 Å². The Morgan fingerprint density at radius 2 is 1.72 bits per heavy atom. The van der Waals surface area contributed by atoms with Gasteiger partial charge in [0.1, 0.15) is 11.7 Å². The molecule has 0 saturated carbocycles. The second-order valence-electron chi connectivity index (χ2n) is 11.6. The van der Waals surface area contributed by atoms with Gasteiger partial charge in [-0.15, -0.1) is 0 Å². The van der Waals surface area contributed by atoms with Crippen LogP contribution in [0.25, 0.3) is 22.3 Å². The van der Waals surface area contributed by atoms with E-state index in [1.807, 2.05) is 67.3 Å². The van der Waals surface area contributed by atoms with Crippen molar-refractivity contribution in [3.05, 3.63) is 94.8 Å². The van der Waals surface area contributed by atoms with Crippen molar-refractivity contribution in [1.82, 2.24) is 35.1 Å². The highest BCUT2D eigenvalue weighted by Crippen LogP contribution is 2.29. The lowest BCUT2D eigenvalue weighted by molar-refractivity contribution is -0.118. The van der Waals surface area contributed by atoms with Gasteiger partial charge in [-0.1, -0.05) is 29.8 Å². The van der Waals surface area contributed by atoms with Gasteiger partial charge in [-0.05, 0) is 81.6 Å². The van der Waals surface area contributed by atoms with Crippen molar-refractivity contribution in [2.45, 2.75) is 52.6 Å². The number of benzene rings is 2. The van der Waals surface area contributed by atoms with Crippen LogP contribution < -0.4 is 10.6 Å². The number of anilines is 1. The summed E-state index contributed by atoms with van der Waals surface area (Å²) in [5, 5.41) is 22.2. The van der Waals surface area contributed by atoms with Crippen LogP contribution >= 0.6 is 11.6 Å². The highest BCUT2D eigenvalue weighted by molar-refractivity contribution is 6.31. The average molecular weight is 599 g/mol. The monoisotopic (exact) mass is 598 g/mol. The molecule has 0 aliphatic carbocycles. The van der Waals surface area contributed by atoms with E-state index in [9.17, 15) is 9.59 Å². The highest BCUT2D eigenvalue weighted by Gasteiger charge is 2.25. The van der Waals surface area contributed by atoms with Crippen LogP contribution in [0.4, 0.5) is 5.69 Å². The summed E-state index contributed by atoms with van der Waals surface area (Å²) >= 11 is 6.64. The molecule has 43 heavy (non-hydrogen) atoms. The molecule has 0 spiro atoms. The van der Waals surface area contributed by atoms with E-state index in [1.165, 1.54) is 10.9 Å². The molecule has 3 aromatic heterocycles. The zero-order valence-corrected chi connectivity index (χ0v) is 25.8. The van der Waals surface area contributed by atoms with Gasteiger partial charge in [0.2, 0.25) is 5.91 Å². The maximum atomic E-state index is 13.7. The Kier molecular flexibility index (Phi) is 8.23. The van der Waals surface area contributed by atoms with Gasteiger partial charge in [-0.25, -0.2) is 0 Å². The van der Waals surface area contributed by atoms with Crippen LogP contribution in [0, 0.1) is 13.8 Å². The fourth-order valence-electron chi connectivity index (χ4n) is 4.93. The van der Waals surface area contributed by atoms with E-state index in [0.29, 0.717) is 16.4 Å². The zero-order valence-electron chi connectivity index (χ0n) is 25.1. The van der Waals surface area contributed by atoms with E-state index in [4.69, 9.17) is 11.6 Å². The van der Waals surface area contributed by atoms with Crippen molar-refractivity contribution >= 4 is 29.1 Å². The Morgan fingerprint density at radius 1 is 1.00 bits per heavy atom. The molecule has 0 aliphatic rings. The second-order valence-corrected chi connectivity index (χ2v) is 12.0. The molecule has 11 heteroatoms. The summed E-state index contributed by atoms with van der Waals surface area (Å²) in [5.74, 6) is -0.791. The second kappa shape index (κ2) is 11.9. The molecule has 10 nitrogen and oxygen atoms in total. The van der Waals surface area contributed by atoms with Gasteiger partial charge >= 0.3 is 0 Å². The third-order valence-corrected chi connectivity index (χ3v) is 7.69. The first kappa shape index (κ1) is 29.8. The lowest BCUT2D eigenvalue weighted by atomic mass is 10.00. The van der Waals surface area contributed by atoms with E-state index in [-0.39, 0.29) is 17.9 Å². The molecule has 0 bridgehead atoms. The zero-order chi connectivity index (χ0) is 30.9. The van der Waals surface area contributed by atoms with Crippen LogP contribution in [0.3, 0.4) is 0 Å². The topological polar surface area (TPSA) is 123 Å². The van der Waals surface area contributed by atoms with Crippen LogP contribution in [0.5, 0.6) is 0 Å². The van der Waals surface area contributed by atoms with Gasteiger partial charge in [0, 0.05) is 53.4 Å². The number of amides is 2. The summed E-state index contributed by atoms with van der Waals surface area (Å²) in [7, 11) is 1.67. The first-order valence-corrected chi connectivity index (χ1v) is 14.3. The molecule has 0 aliphatic heterocycles. The van der Waals surface area contributed by atoms with E-state index in [1.54, 1.807) is 19.2 Å². The van der Waals surface area contributed by atoms with Gasteiger partial charge in [-0.2, -0.15) is 15.3 Å². The minimum absolute atomic E-state index is 0.166. The largest absolute Gasteiger partial charge is 0.339 e. The Morgan fingerprint density at radius 3 is 2.33 bits per heavy atom. The summed E-state index contributed by atoms with van der Waals surface area (Å²) in [6.07, 6.45) is 5.49. The number of aryl methyl sites for hydroxylation is 3. The van der Waals surface area contributed by atoms with E-state index >= 15 is 0 Å². The Hall–Kier alpha value is -4.70. The Balaban J connectivity index is 1.41. The fourth-order valence-corrected chi connectivity index (χ4v) is 5.13. The SMILES string of the molecule is Cc1n[nH]c(C)c1-c1ccc(NC(=O)C(Cc2cc(-c3cnn(C(C)(C)C)c3)ccc2Cl)NC(=O)c2ccnn2C)cc1. The van der Waals surface area contributed by atoms with Crippen LogP contribution in [-0.2, 0) is 23.8 Å². The number of rotatable bonds is 8. The van der Waals surface area contributed by atoms with Crippen molar-refractivity contribution in [2.24, 2.45) is 7.05 Å². The van der Waals surface area contributed by atoms with Crippen molar-refractivity contribution in [1.29, 1.82) is 0 Å². The summed E-state index contributed by atoms with van der Waals surface area (Å²) in [4.78, 5) is 26.9. The molecule has 2 aromatic carbocycles. The molecule has 5 rings (SSSR count). The molecule has 0 radical (unpaired) electrons. The van der Waals surface area contributed by atoms with Gasteiger partial charge < -0.3 is 10.6 Å². The molecule has 2 amide bonds. The first-order valence-electron chi connectivity index (χ1n) is 14.0. The van der Waals surface area contributed by atoms with Crippen LogP contribution in [0.2, 0.25) is 5.02 Å². The molecular formula is C32H35ClN8O2. The number of hydrogen-bond donors (Lipinski definition) is 3. The van der Waals surface area contributed by atoms with E-state index < -0.39 is 11.9 Å². The minimum Gasteiger partial charge on any atom is -0.339 e.